The lowest BCUT2D eigenvalue weighted by Gasteiger charge is -2.30. The van der Waals surface area contributed by atoms with Crippen LogP contribution in [0.3, 0.4) is 0 Å². The molecular weight excluding hydrogens is 264 g/mol. The van der Waals surface area contributed by atoms with Crippen LogP contribution >= 0.6 is 27.3 Å². The van der Waals surface area contributed by atoms with E-state index in [-0.39, 0.29) is 0 Å². The first-order valence-corrected chi connectivity index (χ1v) is 6.29. The van der Waals surface area contributed by atoms with Crippen molar-refractivity contribution in [1.29, 1.82) is 0 Å². The van der Waals surface area contributed by atoms with Gasteiger partial charge in [-0.3, -0.25) is 0 Å². The fraction of sp³-hybridized carbons (Fsp3) is 0.667. The average Bonchev–Trinajstić information content (AvgIpc) is 2.65. The van der Waals surface area contributed by atoms with Crippen LogP contribution in [0.5, 0.6) is 0 Å². The van der Waals surface area contributed by atoms with Gasteiger partial charge in [-0.15, -0.1) is 0 Å². The number of nitrogens with zero attached hydrogens (tertiary/aromatic N) is 2. The van der Waals surface area contributed by atoms with E-state index in [1.807, 2.05) is 6.20 Å². The van der Waals surface area contributed by atoms with Crippen LogP contribution in [0.15, 0.2) is 9.98 Å². The molecule has 78 valence electrons. The Morgan fingerprint density at radius 1 is 1.57 bits per heavy atom. The van der Waals surface area contributed by atoms with E-state index in [0.29, 0.717) is 6.10 Å². The molecule has 0 saturated carbocycles. The number of hydrogen-bond donors (Lipinski definition) is 0. The Bertz CT molecular complexity index is 297. The van der Waals surface area contributed by atoms with Crippen molar-refractivity contribution in [2.75, 3.05) is 25.1 Å². The molecule has 0 spiro atoms. The molecule has 1 fully saturated rings. The first-order chi connectivity index (χ1) is 6.79. The summed E-state index contributed by atoms with van der Waals surface area (Å²) in [4.78, 5) is 6.67. The summed E-state index contributed by atoms with van der Waals surface area (Å²) in [6.45, 7) is 2.11. The first kappa shape index (κ1) is 10.4. The molecule has 3 nitrogen and oxygen atoms in total. The number of hydrogen-bond acceptors (Lipinski definition) is 4. The molecule has 0 amide bonds. The highest BCUT2D eigenvalue weighted by Crippen LogP contribution is 2.28. The molecule has 2 rings (SSSR count). The van der Waals surface area contributed by atoms with Gasteiger partial charge in [-0.1, -0.05) is 11.3 Å². The molecule has 0 radical (unpaired) electrons. The maximum atomic E-state index is 5.33. The fourth-order valence-corrected chi connectivity index (χ4v) is 2.91. The van der Waals surface area contributed by atoms with Gasteiger partial charge in [0.1, 0.15) is 0 Å². The molecule has 0 bridgehead atoms. The number of anilines is 1. The zero-order valence-electron chi connectivity index (χ0n) is 8.07. The highest BCUT2D eigenvalue weighted by atomic mass is 79.9. The van der Waals surface area contributed by atoms with Crippen molar-refractivity contribution in [2.24, 2.45) is 0 Å². The minimum Gasteiger partial charge on any atom is -0.381 e. The Morgan fingerprint density at radius 2 is 2.29 bits per heavy atom. The van der Waals surface area contributed by atoms with Crippen molar-refractivity contribution < 1.29 is 4.74 Å². The molecular formula is C9H13BrN2OS. The fourth-order valence-electron chi connectivity index (χ4n) is 1.67. The molecule has 0 unspecified atom stereocenters. The summed E-state index contributed by atoms with van der Waals surface area (Å²) in [6, 6.07) is 0. The van der Waals surface area contributed by atoms with Gasteiger partial charge in [-0.2, -0.15) is 0 Å². The van der Waals surface area contributed by atoms with Gasteiger partial charge in [-0.05, 0) is 28.8 Å². The average molecular weight is 277 g/mol. The van der Waals surface area contributed by atoms with Crippen molar-refractivity contribution in [3.63, 3.8) is 0 Å². The second-order valence-corrected chi connectivity index (χ2v) is 5.76. The third-order valence-corrected chi connectivity index (χ3v) is 4.05. The largest absolute Gasteiger partial charge is 0.381 e. The highest BCUT2D eigenvalue weighted by Gasteiger charge is 2.20. The number of halogens is 1. The second kappa shape index (κ2) is 4.59. The van der Waals surface area contributed by atoms with Crippen LogP contribution < -0.4 is 4.90 Å². The summed E-state index contributed by atoms with van der Waals surface area (Å²) < 4.78 is 6.43. The van der Waals surface area contributed by atoms with E-state index in [2.05, 4.69) is 25.8 Å². The number of ether oxygens (including phenoxy) is 1. The van der Waals surface area contributed by atoms with Crippen LogP contribution in [0, 0.1) is 0 Å². The molecule has 5 heteroatoms. The molecule has 1 aromatic rings. The maximum absolute atomic E-state index is 5.33. The molecule has 1 saturated heterocycles. The molecule has 0 N–H and O–H groups in total. The summed E-state index contributed by atoms with van der Waals surface area (Å²) in [6.07, 6.45) is 4.51. The van der Waals surface area contributed by atoms with Crippen molar-refractivity contribution >= 4 is 32.4 Å². The van der Waals surface area contributed by atoms with Gasteiger partial charge >= 0.3 is 0 Å². The van der Waals surface area contributed by atoms with E-state index in [4.69, 9.17) is 4.74 Å². The molecule has 0 aliphatic carbocycles. The molecule has 1 aliphatic heterocycles. The molecule has 1 aromatic heterocycles. The molecule has 0 aromatic carbocycles. The maximum Gasteiger partial charge on any atom is 0.186 e. The van der Waals surface area contributed by atoms with Crippen molar-refractivity contribution in [1.82, 2.24) is 4.98 Å². The standard InChI is InChI=1S/C9H13BrN2OS/c1-13-7-2-4-12(5-3-7)9-11-6-8(10)14-9/h6-7H,2-5H2,1H3. The van der Waals surface area contributed by atoms with Gasteiger partial charge in [0, 0.05) is 20.2 Å². The normalized spacial score (nSPS) is 18.9. The monoisotopic (exact) mass is 276 g/mol. The quantitative estimate of drug-likeness (QED) is 0.830. The third kappa shape index (κ3) is 2.27. The highest BCUT2D eigenvalue weighted by molar-refractivity contribution is 9.11. The van der Waals surface area contributed by atoms with Crippen LogP contribution in [0.4, 0.5) is 5.13 Å². The van der Waals surface area contributed by atoms with Crippen molar-refractivity contribution in [2.45, 2.75) is 18.9 Å². The van der Waals surface area contributed by atoms with E-state index < -0.39 is 0 Å². The Kier molecular flexibility index (Phi) is 3.41. The summed E-state index contributed by atoms with van der Waals surface area (Å²) in [5, 5.41) is 1.12. The van der Waals surface area contributed by atoms with E-state index in [9.17, 15) is 0 Å². The van der Waals surface area contributed by atoms with E-state index in [1.54, 1.807) is 18.4 Å². The SMILES string of the molecule is COC1CCN(c2ncc(Br)s2)CC1. The first-order valence-electron chi connectivity index (χ1n) is 4.68. The Labute approximate surface area is 96.2 Å². The van der Waals surface area contributed by atoms with Crippen molar-refractivity contribution in [3.8, 4) is 0 Å². The minimum atomic E-state index is 0.439. The van der Waals surface area contributed by atoms with Crippen LogP contribution in [-0.2, 0) is 4.74 Å². The minimum absolute atomic E-state index is 0.439. The van der Waals surface area contributed by atoms with Crippen molar-refractivity contribution in [3.05, 3.63) is 9.98 Å². The Hall–Kier alpha value is -0.130. The lowest BCUT2D eigenvalue weighted by atomic mass is 10.1. The molecule has 14 heavy (non-hydrogen) atoms. The summed E-state index contributed by atoms with van der Waals surface area (Å²) in [7, 11) is 1.79. The van der Waals surface area contributed by atoms with Crippen LogP contribution in [-0.4, -0.2) is 31.3 Å². The third-order valence-electron chi connectivity index (χ3n) is 2.51. The van der Waals surface area contributed by atoms with E-state index in [1.165, 1.54) is 0 Å². The van der Waals surface area contributed by atoms with Gasteiger partial charge in [0.25, 0.3) is 0 Å². The topological polar surface area (TPSA) is 25.4 Å². The second-order valence-electron chi connectivity index (χ2n) is 3.37. The van der Waals surface area contributed by atoms with E-state index >= 15 is 0 Å². The number of thiazole rings is 1. The van der Waals surface area contributed by atoms with Gasteiger partial charge < -0.3 is 9.64 Å². The Morgan fingerprint density at radius 3 is 2.79 bits per heavy atom. The molecule has 0 atom stereocenters. The molecule has 2 heterocycles. The lowest BCUT2D eigenvalue weighted by molar-refractivity contribution is 0.0819. The zero-order chi connectivity index (χ0) is 9.97. The van der Waals surface area contributed by atoms with Gasteiger partial charge in [0.15, 0.2) is 5.13 Å². The number of rotatable bonds is 2. The van der Waals surface area contributed by atoms with Crippen LogP contribution in [0.2, 0.25) is 0 Å². The summed E-state index contributed by atoms with van der Waals surface area (Å²) >= 11 is 5.12. The van der Waals surface area contributed by atoms with Gasteiger partial charge in [0.05, 0.1) is 16.1 Å². The summed E-state index contributed by atoms with van der Waals surface area (Å²) in [5.74, 6) is 0. The predicted molar refractivity (Wildman–Crippen MR) is 62.1 cm³/mol. The number of methoxy groups -OCH3 is 1. The predicted octanol–water partition coefficient (Wildman–Crippen LogP) is 2.52. The zero-order valence-corrected chi connectivity index (χ0v) is 10.5. The Balaban J connectivity index is 1.95. The smallest absolute Gasteiger partial charge is 0.186 e. The lowest BCUT2D eigenvalue weighted by Crippen LogP contribution is -2.36. The summed E-state index contributed by atoms with van der Waals surface area (Å²) in [5.41, 5.74) is 0. The van der Waals surface area contributed by atoms with Crippen LogP contribution in [0.1, 0.15) is 12.8 Å². The number of piperidine rings is 1. The van der Waals surface area contributed by atoms with Gasteiger partial charge in [-0.25, -0.2) is 4.98 Å². The van der Waals surface area contributed by atoms with E-state index in [0.717, 1.165) is 34.8 Å². The van der Waals surface area contributed by atoms with Gasteiger partial charge in [0.2, 0.25) is 0 Å². The van der Waals surface area contributed by atoms with Crippen LogP contribution in [0.25, 0.3) is 0 Å². The number of aromatic nitrogens is 1. The molecule has 1 aliphatic rings.